The average molecular weight is 230 g/mol. The second-order valence-electron chi connectivity index (χ2n) is 3.86. The van der Waals surface area contributed by atoms with Crippen LogP contribution in [-0.2, 0) is 7.05 Å². The van der Waals surface area contributed by atoms with Gasteiger partial charge in [0.2, 0.25) is 0 Å². The van der Waals surface area contributed by atoms with Gasteiger partial charge in [-0.1, -0.05) is 0 Å². The van der Waals surface area contributed by atoms with Gasteiger partial charge >= 0.3 is 0 Å². The molecule has 2 heterocycles. The zero-order valence-corrected chi connectivity index (χ0v) is 10.1. The number of amides is 1. The van der Waals surface area contributed by atoms with Gasteiger partial charge in [0, 0.05) is 25.0 Å². The Morgan fingerprint density at radius 2 is 1.94 bits per heavy atom. The average Bonchev–Trinajstić information content (AvgIpc) is 2.57. The molecule has 5 nitrogen and oxygen atoms in total. The number of carbonyl (C=O) groups excluding carboxylic acids is 1. The van der Waals surface area contributed by atoms with Crippen molar-refractivity contribution in [1.29, 1.82) is 0 Å². The molecule has 2 rings (SSSR count). The van der Waals surface area contributed by atoms with Crippen LogP contribution in [0.15, 0.2) is 24.5 Å². The molecule has 0 aliphatic rings. The molecule has 0 radical (unpaired) electrons. The predicted molar refractivity (Wildman–Crippen MR) is 64.9 cm³/mol. The molecule has 0 aliphatic heterocycles. The van der Waals surface area contributed by atoms with Crippen LogP contribution in [0.2, 0.25) is 0 Å². The summed E-state index contributed by atoms with van der Waals surface area (Å²) in [5.74, 6) is -0.147. The van der Waals surface area contributed by atoms with E-state index in [-0.39, 0.29) is 5.91 Å². The van der Waals surface area contributed by atoms with Crippen LogP contribution < -0.4 is 5.32 Å². The second-order valence-corrected chi connectivity index (χ2v) is 3.86. The van der Waals surface area contributed by atoms with Gasteiger partial charge in [-0.25, -0.2) is 0 Å². The van der Waals surface area contributed by atoms with Crippen LogP contribution in [0.5, 0.6) is 0 Å². The number of aromatic nitrogens is 3. The fourth-order valence-corrected chi connectivity index (χ4v) is 1.64. The number of rotatable bonds is 2. The van der Waals surface area contributed by atoms with Gasteiger partial charge < -0.3 is 5.32 Å². The molecule has 0 atom stereocenters. The maximum Gasteiger partial charge on any atom is 0.255 e. The highest BCUT2D eigenvalue weighted by atomic mass is 16.1. The highest BCUT2D eigenvalue weighted by molar-refractivity contribution is 6.04. The summed E-state index contributed by atoms with van der Waals surface area (Å²) in [6.45, 7) is 3.79. The number of pyridine rings is 1. The third kappa shape index (κ3) is 2.18. The van der Waals surface area contributed by atoms with Gasteiger partial charge in [-0.15, -0.1) is 0 Å². The molecule has 0 saturated carbocycles. The minimum atomic E-state index is -0.147. The fourth-order valence-electron chi connectivity index (χ4n) is 1.64. The van der Waals surface area contributed by atoms with Gasteiger partial charge in [-0.05, 0) is 26.0 Å². The van der Waals surface area contributed by atoms with Gasteiger partial charge in [0.05, 0.1) is 17.1 Å². The SMILES string of the molecule is Cc1nn(C)c(C)c1NC(=O)c1ccncc1. The van der Waals surface area contributed by atoms with E-state index in [4.69, 9.17) is 0 Å². The largest absolute Gasteiger partial charge is 0.319 e. The lowest BCUT2D eigenvalue weighted by Gasteiger charge is -2.05. The first-order valence-corrected chi connectivity index (χ1v) is 5.31. The van der Waals surface area contributed by atoms with E-state index in [9.17, 15) is 4.79 Å². The van der Waals surface area contributed by atoms with Crippen molar-refractivity contribution in [2.24, 2.45) is 7.05 Å². The molecule has 0 unspecified atom stereocenters. The Morgan fingerprint density at radius 1 is 1.29 bits per heavy atom. The minimum Gasteiger partial charge on any atom is -0.319 e. The number of carbonyl (C=O) groups is 1. The first-order chi connectivity index (χ1) is 8.09. The van der Waals surface area contributed by atoms with Crippen molar-refractivity contribution in [3.8, 4) is 0 Å². The Balaban J connectivity index is 2.25. The molecule has 88 valence electrons. The van der Waals surface area contributed by atoms with Crippen LogP contribution in [0.25, 0.3) is 0 Å². The summed E-state index contributed by atoms with van der Waals surface area (Å²) < 4.78 is 1.75. The third-order valence-electron chi connectivity index (χ3n) is 2.69. The van der Waals surface area contributed by atoms with E-state index in [0.29, 0.717) is 5.56 Å². The number of nitrogens with one attached hydrogen (secondary N) is 1. The lowest BCUT2D eigenvalue weighted by atomic mass is 10.2. The van der Waals surface area contributed by atoms with Crippen LogP contribution in [-0.4, -0.2) is 20.7 Å². The molecule has 1 N–H and O–H groups in total. The highest BCUT2D eigenvalue weighted by Gasteiger charge is 2.13. The normalized spacial score (nSPS) is 10.3. The minimum absolute atomic E-state index is 0.147. The number of nitrogens with zero attached hydrogens (tertiary/aromatic N) is 3. The molecule has 0 aliphatic carbocycles. The molecule has 2 aromatic rings. The van der Waals surface area contributed by atoms with E-state index < -0.39 is 0 Å². The lowest BCUT2D eigenvalue weighted by molar-refractivity contribution is 0.102. The Kier molecular flexibility index (Phi) is 2.91. The Morgan fingerprint density at radius 3 is 2.47 bits per heavy atom. The Labute approximate surface area is 99.5 Å². The molecule has 5 heteroatoms. The lowest BCUT2D eigenvalue weighted by Crippen LogP contribution is -2.13. The van der Waals surface area contributed by atoms with Crippen molar-refractivity contribution in [3.63, 3.8) is 0 Å². The maximum absolute atomic E-state index is 12.0. The summed E-state index contributed by atoms with van der Waals surface area (Å²) in [4.78, 5) is 15.8. The summed E-state index contributed by atoms with van der Waals surface area (Å²) in [5.41, 5.74) is 3.11. The van der Waals surface area contributed by atoms with Crippen molar-refractivity contribution in [2.45, 2.75) is 13.8 Å². The second kappa shape index (κ2) is 4.37. The number of aryl methyl sites for hydroxylation is 2. The molecule has 2 aromatic heterocycles. The van der Waals surface area contributed by atoms with Crippen molar-refractivity contribution in [2.75, 3.05) is 5.32 Å². The van der Waals surface area contributed by atoms with Crippen molar-refractivity contribution < 1.29 is 4.79 Å². The zero-order valence-electron chi connectivity index (χ0n) is 10.1. The summed E-state index contributed by atoms with van der Waals surface area (Å²) in [7, 11) is 1.85. The first-order valence-electron chi connectivity index (χ1n) is 5.31. The van der Waals surface area contributed by atoms with Crippen LogP contribution in [0, 0.1) is 13.8 Å². The van der Waals surface area contributed by atoms with Crippen molar-refractivity contribution in [1.82, 2.24) is 14.8 Å². The van der Waals surface area contributed by atoms with Crippen LogP contribution in [0.1, 0.15) is 21.7 Å². The van der Waals surface area contributed by atoms with E-state index in [0.717, 1.165) is 17.1 Å². The highest BCUT2D eigenvalue weighted by Crippen LogP contribution is 2.19. The topological polar surface area (TPSA) is 59.8 Å². The van der Waals surface area contributed by atoms with Crippen LogP contribution >= 0.6 is 0 Å². The summed E-state index contributed by atoms with van der Waals surface area (Å²) >= 11 is 0. The first kappa shape index (κ1) is 11.3. The molecule has 17 heavy (non-hydrogen) atoms. The Bertz CT molecular complexity index is 545. The van der Waals surface area contributed by atoms with Crippen LogP contribution in [0.3, 0.4) is 0 Å². The number of hydrogen-bond acceptors (Lipinski definition) is 3. The number of anilines is 1. The molecular formula is C12H14N4O. The summed E-state index contributed by atoms with van der Waals surface area (Å²) in [6, 6.07) is 3.35. The maximum atomic E-state index is 12.0. The van der Waals surface area contributed by atoms with E-state index in [1.165, 1.54) is 0 Å². The van der Waals surface area contributed by atoms with Gasteiger partial charge in [0.15, 0.2) is 0 Å². The Hall–Kier alpha value is -2.17. The third-order valence-corrected chi connectivity index (χ3v) is 2.69. The molecule has 0 bridgehead atoms. The predicted octanol–water partition coefficient (Wildman–Crippen LogP) is 1.68. The molecule has 0 fully saturated rings. The molecule has 0 spiro atoms. The van der Waals surface area contributed by atoms with E-state index in [1.807, 2.05) is 20.9 Å². The van der Waals surface area contributed by atoms with E-state index >= 15 is 0 Å². The van der Waals surface area contributed by atoms with Crippen molar-refractivity contribution in [3.05, 3.63) is 41.5 Å². The molecule has 1 amide bonds. The molecule has 0 aromatic carbocycles. The molecular weight excluding hydrogens is 216 g/mol. The quantitative estimate of drug-likeness (QED) is 0.854. The standard InChI is InChI=1S/C12H14N4O/c1-8-11(9(2)16(3)15-8)14-12(17)10-4-6-13-7-5-10/h4-7H,1-3H3,(H,14,17). The van der Waals surface area contributed by atoms with E-state index in [2.05, 4.69) is 15.4 Å². The van der Waals surface area contributed by atoms with E-state index in [1.54, 1.807) is 29.2 Å². The van der Waals surface area contributed by atoms with Gasteiger partial charge in [-0.2, -0.15) is 5.10 Å². The number of hydrogen-bond donors (Lipinski definition) is 1. The van der Waals surface area contributed by atoms with Gasteiger partial charge in [-0.3, -0.25) is 14.5 Å². The fraction of sp³-hybridized carbons (Fsp3) is 0.250. The van der Waals surface area contributed by atoms with Gasteiger partial charge in [0.25, 0.3) is 5.91 Å². The molecule has 0 saturated heterocycles. The summed E-state index contributed by atoms with van der Waals surface area (Å²) in [6.07, 6.45) is 3.19. The zero-order chi connectivity index (χ0) is 12.4. The van der Waals surface area contributed by atoms with Crippen molar-refractivity contribution >= 4 is 11.6 Å². The monoisotopic (exact) mass is 230 g/mol. The van der Waals surface area contributed by atoms with Crippen LogP contribution in [0.4, 0.5) is 5.69 Å². The smallest absolute Gasteiger partial charge is 0.255 e. The summed E-state index contributed by atoms with van der Waals surface area (Å²) in [5, 5.41) is 7.11. The van der Waals surface area contributed by atoms with Gasteiger partial charge in [0.1, 0.15) is 0 Å².